The van der Waals surface area contributed by atoms with E-state index < -0.39 is 5.97 Å². The Bertz CT molecular complexity index is 1440. The van der Waals surface area contributed by atoms with Gasteiger partial charge in [-0.25, -0.2) is 0 Å². The summed E-state index contributed by atoms with van der Waals surface area (Å²) in [5, 5.41) is 24.3. The van der Waals surface area contributed by atoms with Crippen LogP contribution in [0.4, 0.5) is 11.7 Å². The van der Waals surface area contributed by atoms with Gasteiger partial charge in [-0.3, -0.25) is 4.79 Å². The molecule has 2 N–H and O–H groups in total. The molecule has 0 aliphatic carbocycles. The van der Waals surface area contributed by atoms with Crippen molar-refractivity contribution in [2.45, 2.75) is 19.8 Å². The van der Waals surface area contributed by atoms with Crippen molar-refractivity contribution in [2.24, 2.45) is 0 Å². The summed E-state index contributed by atoms with van der Waals surface area (Å²) in [5.74, 6) is 0.191. The second kappa shape index (κ2) is 9.64. The van der Waals surface area contributed by atoms with Crippen molar-refractivity contribution in [3.8, 4) is 33.9 Å². The number of hydrogen-bond acceptors (Lipinski definition) is 7. The number of benzene rings is 3. The van der Waals surface area contributed by atoms with Gasteiger partial charge in [0.15, 0.2) is 5.76 Å². The number of anilines is 2. The topological polar surface area (TPSA) is 114 Å². The smallest absolute Gasteiger partial charge is 0.320 e. The third-order valence-corrected chi connectivity index (χ3v) is 5.60. The number of carboxylic acid groups (broad SMARTS) is 1. The van der Waals surface area contributed by atoms with E-state index in [0.717, 1.165) is 27.8 Å². The number of nitrogens with zero attached hydrogens (tertiary/aromatic N) is 3. The maximum Gasteiger partial charge on any atom is 0.320 e. The molecule has 8 nitrogen and oxygen atoms in total. The van der Waals surface area contributed by atoms with Crippen LogP contribution in [0.1, 0.15) is 17.7 Å². The van der Waals surface area contributed by atoms with Gasteiger partial charge in [0, 0.05) is 17.5 Å². The molecule has 0 saturated carbocycles. The lowest BCUT2D eigenvalue weighted by Crippen LogP contribution is -1.97. The third-order valence-electron chi connectivity index (χ3n) is 5.60. The summed E-state index contributed by atoms with van der Waals surface area (Å²) in [7, 11) is 0. The minimum absolute atomic E-state index is 0.123. The molecule has 0 saturated heterocycles. The third kappa shape index (κ3) is 4.96. The molecule has 0 aliphatic rings. The Morgan fingerprint density at radius 1 is 0.857 bits per heavy atom. The molecule has 5 rings (SSSR count). The van der Waals surface area contributed by atoms with Gasteiger partial charge in [-0.05, 0) is 42.2 Å². The quantitative estimate of drug-likeness (QED) is 0.281. The first-order valence-corrected chi connectivity index (χ1v) is 11.1. The molecule has 0 bridgehead atoms. The van der Waals surface area contributed by atoms with Crippen molar-refractivity contribution in [3.63, 3.8) is 0 Å². The van der Waals surface area contributed by atoms with Crippen LogP contribution < -0.4 is 5.32 Å². The second-order valence-electron chi connectivity index (χ2n) is 8.04. The normalized spacial score (nSPS) is 10.9. The van der Waals surface area contributed by atoms with Crippen LogP contribution in [-0.2, 0) is 11.2 Å². The monoisotopic (exact) mass is 466 g/mol. The van der Waals surface area contributed by atoms with Crippen molar-refractivity contribution >= 4 is 17.7 Å². The summed E-state index contributed by atoms with van der Waals surface area (Å²) in [6, 6.07) is 25.6. The fourth-order valence-corrected chi connectivity index (χ4v) is 3.72. The summed E-state index contributed by atoms with van der Waals surface area (Å²) >= 11 is 0. The van der Waals surface area contributed by atoms with E-state index in [1.165, 1.54) is 0 Å². The van der Waals surface area contributed by atoms with Crippen molar-refractivity contribution in [1.82, 2.24) is 15.4 Å². The average molecular weight is 466 g/mol. The molecular weight excluding hydrogens is 444 g/mol. The number of carboxylic acids is 1. The zero-order chi connectivity index (χ0) is 24.2. The van der Waals surface area contributed by atoms with Crippen molar-refractivity contribution in [2.75, 3.05) is 5.32 Å². The van der Waals surface area contributed by atoms with Crippen molar-refractivity contribution in [3.05, 3.63) is 90.1 Å². The van der Waals surface area contributed by atoms with Gasteiger partial charge in [0.2, 0.25) is 5.89 Å². The molecule has 0 aliphatic heterocycles. The van der Waals surface area contributed by atoms with Gasteiger partial charge in [-0.1, -0.05) is 77.0 Å². The number of nitrogens with one attached hydrogen (secondary N) is 1. The van der Waals surface area contributed by atoms with Crippen LogP contribution in [0, 0.1) is 6.92 Å². The molecule has 35 heavy (non-hydrogen) atoms. The highest BCUT2D eigenvalue weighted by Crippen LogP contribution is 2.34. The standard InChI is InChI=1S/C27H22N4O4/c1-17-24(28-27-30-29-26(34-27)22-5-3-2-4-6-22)25(35-31-17)21-14-12-20(13-15-21)19-10-7-18(8-11-19)9-16-23(32)33/h2-8,10-15H,9,16H2,1H3,(H,28,30)(H,32,33). The van der Waals surface area contributed by atoms with Crippen LogP contribution >= 0.6 is 0 Å². The number of aliphatic carboxylic acids is 1. The van der Waals surface area contributed by atoms with Crippen molar-refractivity contribution in [1.29, 1.82) is 0 Å². The number of carbonyl (C=O) groups is 1. The first-order valence-electron chi connectivity index (χ1n) is 11.1. The van der Waals surface area contributed by atoms with Crippen molar-refractivity contribution < 1.29 is 18.8 Å². The lowest BCUT2D eigenvalue weighted by molar-refractivity contribution is -0.136. The fraction of sp³-hybridized carbons (Fsp3) is 0.111. The Kier molecular flexibility index (Phi) is 6.09. The van der Waals surface area contributed by atoms with Gasteiger partial charge in [0.1, 0.15) is 11.4 Å². The fourth-order valence-electron chi connectivity index (χ4n) is 3.72. The second-order valence-corrected chi connectivity index (χ2v) is 8.04. The number of aromatic nitrogens is 3. The summed E-state index contributed by atoms with van der Waals surface area (Å²) in [4.78, 5) is 10.8. The van der Waals surface area contributed by atoms with Crippen LogP contribution in [0.2, 0.25) is 0 Å². The van der Waals surface area contributed by atoms with E-state index in [2.05, 4.69) is 20.7 Å². The van der Waals surface area contributed by atoms with Gasteiger partial charge in [-0.15, -0.1) is 5.10 Å². The molecule has 174 valence electrons. The van der Waals surface area contributed by atoms with E-state index in [0.29, 0.717) is 29.5 Å². The molecule has 8 heteroatoms. The zero-order valence-corrected chi connectivity index (χ0v) is 18.9. The Morgan fingerprint density at radius 3 is 2.20 bits per heavy atom. The predicted octanol–water partition coefficient (Wildman–Crippen LogP) is 6.13. The Balaban J connectivity index is 1.34. The predicted molar refractivity (Wildman–Crippen MR) is 131 cm³/mol. The van der Waals surface area contributed by atoms with E-state index in [4.69, 9.17) is 14.0 Å². The van der Waals surface area contributed by atoms with E-state index >= 15 is 0 Å². The van der Waals surface area contributed by atoms with Crippen LogP contribution in [0.3, 0.4) is 0 Å². The molecule has 0 radical (unpaired) electrons. The molecule has 0 unspecified atom stereocenters. The van der Waals surface area contributed by atoms with Crippen LogP contribution in [-0.4, -0.2) is 26.4 Å². The number of hydrogen-bond donors (Lipinski definition) is 2. The first kappa shape index (κ1) is 22.1. The van der Waals surface area contributed by atoms with Crippen LogP contribution in [0.5, 0.6) is 0 Å². The van der Waals surface area contributed by atoms with Gasteiger partial charge >= 0.3 is 12.0 Å². The lowest BCUT2D eigenvalue weighted by atomic mass is 10.0. The Morgan fingerprint density at radius 2 is 1.51 bits per heavy atom. The van der Waals surface area contributed by atoms with E-state index in [-0.39, 0.29) is 12.4 Å². The summed E-state index contributed by atoms with van der Waals surface area (Å²) in [6.45, 7) is 1.84. The largest absolute Gasteiger partial charge is 0.481 e. The Labute approximate surface area is 201 Å². The molecular formula is C27H22N4O4. The highest BCUT2D eigenvalue weighted by molar-refractivity contribution is 5.78. The maximum atomic E-state index is 10.8. The molecule has 0 atom stereocenters. The minimum atomic E-state index is -0.795. The van der Waals surface area contributed by atoms with Crippen LogP contribution in [0.15, 0.2) is 87.8 Å². The van der Waals surface area contributed by atoms with E-state index in [9.17, 15) is 4.79 Å². The van der Waals surface area contributed by atoms with Gasteiger partial charge in [-0.2, -0.15) is 0 Å². The number of aryl methyl sites for hydroxylation is 2. The van der Waals surface area contributed by atoms with Crippen LogP contribution in [0.25, 0.3) is 33.9 Å². The average Bonchev–Trinajstić information content (AvgIpc) is 3.51. The van der Waals surface area contributed by atoms with E-state index in [1.54, 1.807) is 0 Å². The summed E-state index contributed by atoms with van der Waals surface area (Å²) in [5.41, 5.74) is 6.08. The molecule has 0 fully saturated rings. The zero-order valence-electron chi connectivity index (χ0n) is 18.9. The SMILES string of the molecule is Cc1noc(-c2ccc(-c3ccc(CCC(=O)O)cc3)cc2)c1Nc1nnc(-c2ccccc2)o1. The highest BCUT2D eigenvalue weighted by Gasteiger charge is 2.18. The molecule has 0 amide bonds. The maximum absolute atomic E-state index is 10.8. The Hall–Kier alpha value is -4.72. The first-order chi connectivity index (χ1) is 17.1. The highest BCUT2D eigenvalue weighted by atomic mass is 16.5. The lowest BCUT2D eigenvalue weighted by Gasteiger charge is -2.06. The van der Waals surface area contributed by atoms with Gasteiger partial charge < -0.3 is 19.4 Å². The summed E-state index contributed by atoms with van der Waals surface area (Å²) < 4.78 is 11.4. The molecule has 0 spiro atoms. The van der Waals surface area contributed by atoms with E-state index in [1.807, 2.05) is 85.8 Å². The molecule has 2 heterocycles. The molecule has 2 aromatic heterocycles. The van der Waals surface area contributed by atoms with Gasteiger partial charge in [0.25, 0.3) is 0 Å². The molecule has 5 aromatic rings. The van der Waals surface area contributed by atoms with Gasteiger partial charge in [0.05, 0.1) is 0 Å². The number of rotatable bonds is 8. The summed E-state index contributed by atoms with van der Waals surface area (Å²) in [6.07, 6.45) is 0.639. The molecule has 3 aromatic carbocycles. The minimum Gasteiger partial charge on any atom is -0.481 e.